The first-order chi connectivity index (χ1) is 13.1. The summed E-state index contributed by atoms with van der Waals surface area (Å²) in [5.74, 6) is -1.41. The van der Waals surface area contributed by atoms with Crippen molar-refractivity contribution >= 4 is 29.1 Å². The summed E-state index contributed by atoms with van der Waals surface area (Å²) in [5.41, 5.74) is 1.49. The maximum absolute atomic E-state index is 12.2. The van der Waals surface area contributed by atoms with E-state index in [-0.39, 0.29) is 6.04 Å². The van der Waals surface area contributed by atoms with Crippen molar-refractivity contribution in [3.63, 3.8) is 0 Å². The van der Waals surface area contributed by atoms with Crippen LogP contribution in [0.3, 0.4) is 0 Å². The molecule has 0 saturated carbocycles. The number of anilines is 1. The highest BCUT2D eigenvalue weighted by Gasteiger charge is 2.24. The van der Waals surface area contributed by atoms with Crippen molar-refractivity contribution in [2.45, 2.75) is 6.04 Å². The Bertz CT molecular complexity index is 764. The number of aromatic nitrogens is 1. The van der Waals surface area contributed by atoms with Crippen molar-refractivity contribution in [1.29, 1.82) is 0 Å². The predicted molar refractivity (Wildman–Crippen MR) is 102 cm³/mol. The van der Waals surface area contributed by atoms with Gasteiger partial charge in [-0.05, 0) is 35.9 Å². The Kier molecular flexibility index (Phi) is 6.75. The highest BCUT2D eigenvalue weighted by molar-refractivity contribution is 6.39. The van der Waals surface area contributed by atoms with Crippen molar-refractivity contribution < 1.29 is 14.3 Å². The molecule has 7 nitrogen and oxygen atoms in total. The van der Waals surface area contributed by atoms with Gasteiger partial charge in [0.05, 0.1) is 19.3 Å². The van der Waals surface area contributed by atoms with E-state index >= 15 is 0 Å². The largest absolute Gasteiger partial charge is 0.379 e. The van der Waals surface area contributed by atoms with Crippen molar-refractivity contribution in [3.8, 4) is 0 Å². The summed E-state index contributed by atoms with van der Waals surface area (Å²) in [6, 6.07) is 10.3. The van der Waals surface area contributed by atoms with Crippen LogP contribution in [0.1, 0.15) is 11.6 Å². The van der Waals surface area contributed by atoms with Crippen LogP contribution in [0.25, 0.3) is 0 Å². The third-order valence-electron chi connectivity index (χ3n) is 4.32. The lowest BCUT2D eigenvalue weighted by atomic mass is 10.1. The Morgan fingerprint density at radius 2 is 1.89 bits per heavy atom. The standard InChI is InChI=1S/C19H21ClN4O3/c20-15-3-5-16(6-4-15)23-19(26)18(25)22-13-17(14-2-1-7-21-12-14)24-8-10-27-11-9-24/h1-7,12,17H,8-11,13H2,(H,22,25)(H,23,26). The lowest BCUT2D eigenvalue weighted by molar-refractivity contribution is -0.136. The topological polar surface area (TPSA) is 83.6 Å². The highest BCUT2D eigenvalue weighted by Crippen LogP contribution is 2.20. The molecule has 2 N–H and O–H groups in total. The van der Waals surface area contributed by atoms with Crippen molar-refractivity contribution in [1.82, 2.24) is 15.2 Å². The first kappa shape index (κ1) is 19.3. The van der Waals surface area contributed by atoms with Crippen LogP contribution in [0, 0.1) is 0 Å². The van der Waals surface area contributed by atoms with E-state index in [1.54, 1.807) is 36.7 Å². The Morgan fingerprint density at radius 1 is 1.15 bits per heavy atom. The average molecular weight is 389 g/mol. The van der Waals surface area contributed by atoms with Crippen LogP contribution in [0.5, 0.6) is 0 Å². The second-order valence-corrected chi connectivity index (χ2v) is 6.56. The number of benzene rings is 1. The monoisotopic (exact) mass is 388 g/mol. The summed E-state index contributed by atoms with van der Waals surface area (Å²) in [4.78, 5) is 30.7. The maximum atomic E-state index is 12.2. The SMILES string of the molecule is O=C(NCC(c1cccnc1)N1CCOCC1)C(=O)Nc1ccc(Cl)cc1. The van der Waals surface area contributed by atoms with Gasteiger partial charge in [-0.1, -0.05) is 17.7 Å². The summed E-state index contributed by atoms with van der Waals surface area (Å²) < 4.78 is 5.41. The quantitative estimate of drug-likeness (QED) is 0.764. The molecule has 1 fully saturated rings. The maximum Gasteiger partial charge on any atom is 0.313 e. The molecule has 1 aliphatic rings. The van der Waals surface area contributed by atoms with Gasteiger partial charge in [-0.15, -0.1) is 0 Å². The number of morpholine rings is 1. The Labute approximate surface area is 162 Å². The molecule has 1 saturated heterocycles. The van der Waals surface area contributed by atoms with Gasteiger partial charge in [-0.3, -0.25) is 19.5 Å². The molecule has 0 spiro atoms. The van der Waals surface area contributed by atoms with Crippen LogP contribution < -0.4 is 10.6 Å². The summed E-state index contributed by atoms with van der Waals surface area (Å²) in [6.07, 6.45) is 3.48. The van der Waals surface area contributed by atoms with Gasteiger partial charge in [0.25, 0.3) is 0 Å². The van der Waals surface area contributed by atoms with Gasteiger partial charge >= 0.3 is 11.8 Å². The van der Waals surface area contributed by atoms with Crippen LogP contribution in [-0.4, -0.2) is 54.5 Å². The van der Waals surface area contributed by atoms with Gasteiger partial charge in [0.1, 0.15) is 0 Å². The molecule has 1 unspecified atom stereocenters. The van der Waals surface area contributed by atoms with Crippen molar-refractivity contribution in [3.05, 3.63) is 59.4 Å². The normalized spacial score (nSPS) is 15.7. The Morgan fingerprint density at radius 3 is 2.56 bits per heavy atom. The molecule has 1 aromatic heterocycles. The number of pyridine rings is 1. The summed E-state index contributed by atoms with van der Waals surface area (Å²) in [7, 11) is 0. The molecule has 3 rings (SSSR count). The van der Waals surface area contributed by atoms with Crippen LogP contribution in [0.15, 0.2) is 48.8 Å². The van der Waals surface area contributed by atoms with Crippen LogP contribution in [-0.2, 0) is 14.3 Å². The third-order valence-corrected chi connectivity index (χ3v) is 4.57. The molecular formula is C19H21ClN4O3. The van der Waals surface area contributed by atoms with Gasteiger partial charge in [0.2, 0.25) is 0 Å². The smallest absolute Gasteiger partial charge is 0.313 e. The predicted octanol–water partition coefficient (Wildman–Crippen LogP) is 1.86. The molecule has 2 aromatic rings. The van der Waals surface area contributed by atoms with Gasteiger partial charge in [-0.25, -0.2) is 0 Å². The molecule has 2 heterocycles. The summed E-state index contributed by atoms with van der Waals surface area (Å²) >= 11 is 5.82. The molecule has 8 heteroatoms. The number of amides is 2. The van der Waals surface area contributed by atoms with E-state index in [0.717, 1.165) is 18.7 Å². The zero-order valence-corrected chi connectivity index (χ0v) is 15.5. The number of carbonyl (C=O) groups excluding carboxylic acids is 2. The van der Waals surface area contributed by atoms with E-state index in [2.05, 4.69) is 20.5 Å². The van der Waals surface area contributed by atoms with Crippen molar-refractivity contribution in [2.24, 2.45) is 0 Å². The molecule has 1 aromatic carbocycles. The molecule has 142 valence electrons. The van der Waals surface area contributed by atoms with Crippen LogP contribution >= 0.6 is 11.6 Å². The molecule has 0 aliphatic carbocycles. The minimum Gasteiger partial charge on any atom is -0.379 e. The number of hydrogen-bond acceptors (Lipinski definition) is 5. The first-order valence-corrected chi connectivity index (χ1v) is 9.08. The fourth-order valence-electron chi connectivity index (χ4n) is 2.91. The minimum atomic E-state index is -0.718. The Hall–Kier alpha value is -2.48. The number of rotatable bonds is 5. The molecule has 0 radical (unpaired) electrons. The third kappa shape index (κ3) is 5.50. The number of hydrogen-bond donors (Lipinski definition) is 2. The van der Waals surface area contributed by atoms with E-state index in [0.29, 0.717) is 30.5 Å². The minimum absolute atomic E-state index is 0.0742. The fourth-order valence-corrected chi connectivity index (χ4v) is 3.04. The van der Waals surface area contributed by atoms with E-state index in [4.69, 9.17) is 16.3 Å². The lowest BCUT2D eigenvalue weighted by Crippen LogP contribution is -2.45. The van der Waals surface area contributed by atoms with Gasteiger partial charge in [0, 0.05) is 42.7 Å². The fraction of sp³-hybridized carbons (Fsp3) is 0.316. The molecular weight excluding hydrogens is 368 g/mol. The van der Waals surface area contributed by atoms with Gasteiger partial charge in [0.15, 0.2) is 0 Å². The van der Waals surface area contributed by atoms with Gasteiger partial charge in [-0.2, -0.15) is 0 Å². The van der Waals surface area contributed by atoms with E-state index in [1.807, 2.05) is 12.1 Å². The van der Waals surface area contributed by atoms with Crippen LogP contribution in [0.2, 0.25) is 5.02 Å². The molecule has 2 amide bonds. The van der Waals surface area contributed by atoms with E-state index in [1.165, 1.54) is 0 Å². The lowest BCUT2D eigenvalue weighted by Gasteiger charge is -2.34. The van der Waals surface area contributed by atoms with E-state index < -0.39 is 11.8 Å². The first-order valence-electron chi connectivity index (χ1n) is 8.70. The highest BCUT2D eigenvalue weighted by atomic mass is 35.5. The summed E-state index contributed by atoms with van der Waals surface area (Å²) in [6.45, 7) is 3.10. The number of ether oxygens (including phenoxy) is 1. The number of carbonyl (C=O) groups is 2. The molecule has 0 bridgehead atoms. The second kappa shape index (κ2) is 9.45. The zero-order chi connectivity index (χ0) is 19.1. The number of nitrogens with one attached hydrogen (secondary N) is 2. The van der Waals surface area contributed by atoms with Gasteiger partial charge < -0.3 is 15.4 Å². The zero-order valence-electron chi connectivity index (χ0n) is 14.7. The van der Waals surface area contributed by atoms with Crippen molar-refractivity contribution in [2.75, 3.05) is 38.2 Å². The molecule has 1 atom stereocenters. The molecule has 1 aliphatic heterocycles. The summed E-state index contributed by atoms with van der Waals surface area (Å²) in [5, 5.41) is 5.84. The Balaban J connectivity index is 1.61. The van der Waals surface area contributed by atoms with E-state index in [9.17, 15) is 9.59 Å². The van der Waals surface area contributed by atoms with Crippen LogP contribution in [0.4, 0.5) is 5.69 Å². The number of halogens is 1. The number of nitrogens with zero attached hydrogens (tertiary/aromatic N) is 2. The molecule has 27 heavy (non-hydrogen) atoms. The average Bonchev–Trinajstić information content (AvgIpc) is 2.71. The second-order valence-electron chi connectivity index (χ2n) is 6.12.